The first-order valence-electron chi connectivity index (χ1n) is 6.83. The maximum absolute atomic E-state index is 8.93. The molecule has 0 aromatic heterocycles. The lowest BCUT2D eigenvalue weighted by Crippen LogP contribution is -2.46. The Morgan fingerprint density at radius 1 is 1.05 bits per heavy atom. The standard InChI is InChI=1S/C15H21N3O/c16-6-5-14-3-1-2-4-15(14)13-18-9-7-17(8-10-18)11-12-19/h1-4,19H,5,7-13H2. The van der Waals surface area contributed by atoms with Gasteiger partial charge in [0.1, 0.15) is 0 Å². The van der Waals surface area contributed by atoms with Crippen LogP contribution in [-0.2, 0) is 13.0 Å². The summed E-state index contributed by atoms with van der Waals surface area (Å²) in [5.41, 5.74) is 2.41. The van der Waals surface area contributed by atoms with Crippen LogP contribution in [0.25, 0.3) is 0 Å². The Balaban J connectivity index is 1.90. The van der Waals surface area contributed by atoms with Gasteiger partial charge >= 0.3 is 0 Å². The van der Waals surface area contributed by atoms with E-state index in [1.165, 1.54) is 5.56 Å². The van der Waals surface area contributed by atoms with E-state index in [9.17, 15) is 0 Å². The van der Waals surface area contributed by atoms with Crippen LogP contribution in [0.4, 0.5) is 0 Å². The lowest BCUT2D eigenvalue weighted by atomic mass is 10.0. The van der Waals surface area contributed by atoms with Gasteiger partial charge in [-0.2, -0.15) is 5.26 Å². The fourth-order valence-electron chi connectivity index (χ4n) is 2.52. The van der Waals surface area contributed by atoms with Crippen molar-refractivity contribution in [3.8, 4) is 6.07 Å². The van der Waals surface area contributed by atoms with Crippen LogP contribution in [0.5, 0.6) is 0 Å². The zero-order chi connectivity index (χ0) is 13.5. The Kier molecular flexibility index (Phi) is 5.34. The van der Waals surface area contributed by atoms with Gasteiger partial charge < -0.3 is 5.11 Å². The van der Waals surface area contributed by atoms with Gasteiger partial charge in [-0.15, -0.1) is 0 Å². The molecule has 0 atom stereocenters. The Morgan fingerprint density at radius 2 is 1.68 bits per heavy atom. The number of aliphatic hydroxyl groups is 1. The molecule has 2 rings (SSSR count). The minimum absolute atomic E-state index is 0.241. The predicted octanol–water partition coefficient (Wildman–Crippen LogP) is 0.863. The molecule has 1 fully saturated rings. The van der Waals surface area contributed by atoms with E-state index in [4.69, 9.17) is 10.4 Å². The zero-order valence-electron chi connectivity index (χ0n) is 11.3. The molecule has 0 spiro atoms. The topological polar surface area (TPSA) is 50.5 Å². The van der Waals surface area contributed by atoms with Crippen LogP contribution in [0, 0.1) is 11.3 Å². The third kappa shape index (κ3) is 4.03. The smallest absolute Gasteiger partial charge is 0.0669 e. The van der Waals surface area contributed by atoms with Gasteiger partial charge in [0, 0.05) is 39.3 Å². The molecule has 0 aliphatic carbocycles. The van der Waals surface area contributed by atoms with Crippen LogP contribution in [0.15, 0.2) is 24.3 Å². The molecule has 102 valence electrons. The lowest BCUT2D eigenvalue weighted by molar-refractivity contribution is 0.108. The van der Waals surface area contributed by atoms with Crippen LogP contribution in [-0.4, -0.2) is 54.2 Å². The van der Waals surface area contributed by atoms with E-state index >= 15 is 0 Å². The van der Waals surface area contributed by atoms with Crippen LogP contribution >= 0.6 is 0 Å². The molecule has 0 bridgehead atoms. The highest BCUT2D eigenvalue weighted by Crippen LogP contribution is 2.13. The van der Waals surface area contributed by atoms with Crippen molar-refractivity contribution in [2.75, 3.05) is 39.3 Å². The number of nitriles is 1. The maximum Gasteiger partial charge on any atom is 0.0669 e. The molecule has 0 radical (unpaired) electrons. The van der Waals surface area contributed by atoms with E-state index < -0.39 is 0 Å². The summed E-state index contributed by atoms with van der Waals surface area (Å²) < 4.78 is 0. The Hall–Kier alpha value is -1.41. The summed E-state index contributed by atoms with van der Waals surface area (Å²) in [6, 6.07) is 10.4. The summed E-state index contributed by atoms with van der Waals surface area (Å²) >= 11 is 0. The second-order valence-corrected chi connectivity index (χ2v) is 4.94. The molecule has 1 aliphatic heterocycles. The van der Waals surface area contributed by atoms with Crippen molar-refractivity contribution in [2.45, 2.75) is 13.0 Å². The SMILES string of the molecule is N#CCc1ccccc1CN1CCN(CCO)CC1. The van der Waals surface area contributed by atoms with E-state index in [1.807, 2.05) is 18.2 Å². The number of β-amino-alcohol motifs (C(OH)–C–C–N with tert-alkyl or cyclic N) is 1. The highest BCUT2D eigenvalue weighted by Gasteiger charge is 2.17. The Labute approximate surface area is 114 Å². The fraction of sp³-hybridized carbons (Fsp3) is 0.533. The molecule has 0 unspecified atom stereocenters. The number of nitrogens with zero attached hydrogens (tertiary/aromatic N) is 3. The summed E-state index contributed by atoms with van der Waals surface area (Å²) in [4.78, 5) is 4.71. The fourth-order valence-corrected chi connectivity index (χ4v) is 2.52. The van der Waals surface area contributed by atoms with Crippen molar-refractivity contribution in [3.63, 3.8) is 0 Å². The molecule has 1 aromatic rings. The van der Waals surface area contributed by atoms with Gasteiger partial charge in [0.05, 0.1) is 19.1 Å². The number of aliphatic hydroxyl groups excluding tert-OH is 1. The molecule has 19 heavy (non-hydrogen) atoms. The molecular formula is C15H21N3O. The first-order valence-corrected chi connectivity index (χ1v) is 6.83. The summed E-state index contributed by atoms with van der Waals surface area (Å²) in [7, 11) is 0. The van der Waals surface area contributed by atoms with Gasteiger partial charge in [-0.1, -0.05) is 24.3 Å². The summed E-state index contributed by atoms with van der Waals surface area (Å²) in [6.07, 6.45) is 0.487. The van der Waals surface area contributed by atoms with Crippen LogP contribution in [0.3, 0.4) is 0 Å². The molecule has 4 heteroatoms. The minimum atomic E-state index is 0.241. The quantitative estimate of drug-likeness (QED) is 0.852. The van der Waals surface area contributed by atoms with Gasteiger partial charge in [-0.3, -0.25) is 9.80 Å². The molecule has 1 N–H and O–H groups in total. The molecule has 0 saturated carbocycles. The molecule has 1 saturated heterocycles. The van der Waals surface area contributed by atoms with Crippen LogP contribution < -0.4 is 0 Å². The molecule has 0 amide bonds. The molecule has 1 heterocycles. The van der Waals surface area contributed by atoms with Crippen LogP contribution in [0.2, 0.25) is 0 Å². The van der Waals surface area contributed by atoms with Gasteiger partial charge in [0.15, 0.2) is 0 Å². The summed E-state index contributed by atoms with van der Waals surface area (Å²) in [5, 5.41) is 17.8. The van der Waals surface area contributed by atoms with E-state index in [1.54, 1.807) is 0 Å². The van der Waals surface area contributed by atoms with Gasteiger partial charge in [-0.05, 0) is 11.1 Å². The number of rotatable bonds is 5. The Bertz CT molecular complexity index is 433. The largest absolute Gasteiger partial charge is 0.395 e. The van der Waals surface area contributed by atoms with Crippen molar-refractivity contribution in [1.82, 2.24) is 9.80 Å². The normalized spacial score (nSPS) is 17.3. The Morgan fingerprint density at radius 3 is 2.32 bits per heavy atom. The van der Waals surface area contributed by atoms with E-state index in [0.717, 1.165) is 44.8 Å². The molecular weight excluding hydrogens is 238 g/mol. The molecule has 1 aromatic carbocycles. The molecule has 4 nitrogen and oxygen atoms in total. The van der Waals surface area contributed by atoms with Crippen molar-refractivity contribution in [1.29, 1.82) is 5.26 Å². The monoisotopic (exact) mass is 259 g/mol. The van der Waals surface area contributed by atoms with Gasteiger partial charge in [0.2, 0.25) is 0 Å². The van der Waals surface area contributed by atoms with E-state index in [2.05, 4.69) is 21.9 Å². The van der Waals surface area contributed by atoms with E-state index in [-0.39, 0.29) is 6.61 Å². The minimum Gasteiger partial charge on any atom is -0.395 e. The van der Waals surface area contributed by atoms with Crippen molar-refractivity contribution >= 4 is 0 Å². The third-order valence-corrected chi connectivity index (χ3v) is 3.66. The lowest BCUT2D eigenvalue weighted by Gasteiger charge is -2.34. The summed E-state index contributed by atoms with van der Waals surface area (Å²) in [5.74, 6) is 0. The average molecular weight is 259 g/mol. The maximum atomic E-state index is 8.93. The van der Waals surface area contributed by atoms with Crippen molar-refractivity contribution < 1.29 is 5.11 Å². The number of hydrogen-bond acceptors (Lipinski definition) is 4. The third-order valence-electron chi connectivity index (χ3n) is 3.66. The number of hydrogen-bond donors (Lipinski definition) is 1. The molecule has 1 aliphatic rings. The zero-order valence-corrected chi connectivity index (χ0v) is 11.3. The highest BCUT2D eigenvalue weighted by molar-refractivity contribution is 5.29. The average Bonchev–Trinajstić information content (AvgIpc) is 2.44. The number of benzene rings is 1. The van der Waals surface area contributed by atoms with Crippen molar-refractivity contribution in [2.24, 2.45) is 0 Å². The van der Waals surface area contributed by atoms with E-state index in [0.29, 0.717) is 6.42 Å². The first-order chi connectivity index (χ1) is 9.33. The second-order valence-electron chi connectivity index (χ2n) is 4.94. The van der Waals surface area contributed by atoms with Gasteiger partial charge in [-0.25, -0.2) is 0 Å². The number of piperazine rings is 1. The second kappa shape index (κ2) is 7.25. The highest BCUT2D eigenvalue weighted by atomic mass is 16.3. The van der Waals surface area contributed by atoms with Crippen molar-refractivity contribution in [3.05, 3.63) is 35.4 Å². The summed E-state index contributed by atoms with van der Waals surface area (Å²) in [6.45, 7) is 6.03. The first kappa shape index (κ1) is 14.0. The van der Waals surface area contributed by atoms with Crippen LogP contribution in [0.1, 0.15) is 11.1 Å². The van der Waals surface area contributed by atoms with Gasteiger partial charge in [0.25, 0.3) is 0 Å². The predicted molar refractivity (Wildman–Crippen MR) is 74.6 cm³/mol.